The van der Waals surface area contributed by atoms with Gasteiger partial charge in [-0.15, -0.1) is 0 Å². The highest BCUT2D eigenvalue weighted by atomic mass is 16.2. The number of rotatable bonds is 34. The summed E-state index contributed by atoms with van der Waals surface area (Å²) in [6, 6.07) is 0. The number of ketones is 1. The van der Waals surface area contributed by atoms with Crippen LogP contribution in [-0.2, 0) is 9.59 Å². The summed E-state index contributed by atoms with van der Waals surface area (Å²) in [5, 5.41) is 3.11. The van der Waals surface area contributed by atoms with Crippen LogP contribution in [0.2, 0.25) is 0 Å². The van der Waals surface area contributed by atoms with Gasteiger partial charge in [-0.05, 0) is 25.7 Å². The molecule has 254 valence electrons. The predicted molar refractivity (Wildman–Crippen MR) is 187 cm³/mol. The van der Waals surface area contributed by atoms with E-state index in [9.17, 15) is 9.59 Å². The summed E-state index contributed by atoms with van der Waals surface area (Å²) in [6.45, 7) is 5.73. The molecule has 0 aliphatic carbocycles. The van der Waals surface area contributed by atoms with Gasteiger partial charge >= 0.3 is 0 Å². The highest BCUT2D eigenvalue weighted by Gasteiger charge is 2.21. The molecule has 1 amide bonds. The van der Waals surface area contributed by atoms with Crippen LogP contribution in [0.15, 0.2) is 4.99 Å². The zero-order valence-corrected chi connectivity index (χ0v) is 28.9. The minimum atomic E-state index is -0.277. The first-order valence-corrected chi connectivity index (χ1v) is 18.9. The molecule has 0 saturated carbocycles. The molecule has 0 spiro atoms. The number of unbranched alkanes of at least 4 members (excludes halogenated alkanes) is 23. The smallest absolute Gasteiger partial charge is 0.223 e. The van der Waals surface area contributed by atoms with Crippen molar-refractivity contribution in [3.63, 3.8) is 0 Å². The van der Waals surface area contributed by atoms with E-state index in [4.69, 9.17) is 11.5 Å². The number of guanidine groups is 1. The third kappa shape index (κ3) is 31.6. The Kier molecular flexibility index (Phi) is 32.1. The third-order valence-electron chi connectivity index (χ3n) is 8.74. The lowest BCUT2D eigenvalue weighted by atomic mass is 9.93. The van der Waals surface area contributed by atoms with Crippen LogP contribution in [0.4, 0.5) is 0 Å². The van der Waals surface area contributed by atoms with Crippen molar-refractivity contribution in [2.75, 3.05) is 13.1 Å². The van der Waals surface area contributed by atoms with Crippen LogP contribution in [0.5, 0.6) is 0 Å². The molecule has 0 aromatic carbocycles. The lowest BCUT2D eigenvalue weighted by Gasteiger charge is -2.16. The standard InChI is InChI=1S/C37H74N4O2/c1-3-5-7-9-11-13-15-16-17-18-19-20-22-24-26-30-35(42)33-34(29-28-32-41-37(38)39)36(43)40-31-27-25-23-21-14-12-10-8-6-4-2/h34H,3-33H2,1-2H3,(H,40,43)(H4,38,39,41)/t34-/m0/s1. The van der Waals surface area contributed by atoms with Crippen LogP contribution in [0, 0.1) is 5.92 Å². The molecule has 0 rings (SSSR count). The minimum Gasteiger partial charge on any atom is -0.370 e. The van der Waals surface area contributed by atoms with Gasteiger partial charge in [0.25, 0.3) is 0 Å². The van der Waals surface area contributed by atoms with Crippen LogP contribution in [0.1, 0.15) is 200 Å². The second kappa shape index (κ2) is 33.3. The van der Waals surface area contributed by atoms with E-state index in [0.29, 0.717) is 38.8 Å². The number of Topliss-reactive ketones (excluding diaryl/α,β-unsaturated/α-hetero) is 1. The lowest BCUT2D eigenvalue weighted by molar-refractivity contribution is -0.129. The van der Waals surface area contributed by atoms with Crippen molar-refractivity contribution in [2.24, 2.45) is 22.4 Å². The average molecular weight is 607 g/mol. The maximum Gasteiger partial charge on any atom is 0.223 e. The summed E-state index contributed by atoms with van der Waals surface area (Å²) in [6.07, 6.45) is 34.8. The third-order valence-corrected chi connectivity index (χ3v) is 8.74. The molecule has 6 heteroatoms. The normalized spacial score (nSPS) is 11.9. The van der Waals surface area contributed by atoms with Crippen molar-refractivity contribution in [3.8, 4) is 0 Å². The molecule has 6 nitrogen and oxygen atoms in total. The molecule has 0 radical (unpaired) electrons. The Labute approximate surface area is 267 Å². The van der Waals surface area contributed by atoms with E-state index in [-0.39, 0.29) is 23.6 Å². The van der Waals surface area contributed by atoms with E-state index in [0.717, 1.165) is 25.7 Å². The van der Waals surface area contributed by atoms with E-state index < -0.39 is 0 Å². The number of hydrogen-bond acceptors (Lipinski definition) is 3. The predicted octanol–water partition coefficient (Wildman–Crippen LogP) is 9.91. The van der Waals surface area contributed by atoms with Gasteiger partial charge < -0.3 is 16.8 Å². The van der Waals surface area contributed by atoms with Crippen molar-refractivity contribution in [1.29, 1.82) is 0 Å². The monoisotopic (exact) mass is 607 g/mol. The summed E-state index contributed by atoms with van der Waals surface area (Å²) < 4.78 is 0. The van der Waals surface area contributed by atoms with Gasteiger partial charge in [-0.1, -0.05) is 162 Å². The second-order valence-electron chi connectivity index (χ2n) is 13.1. The molecule has 0 bridgehead atoms. The first-order chi connectivity index (χ1) is 21.0. The first-order valence-electron chi connectivity index (χ1n) is 18.9. The molecule has 0 aliphatic rings. The fourth-order valence-electron chi connectivity index (χ4n) is 5.91. The van der Waals surface area contributed by atoms with Gasteiger partial charge in [-0.2, -0.15) is 0 Å². The SMILES string of the molecule is CCCCCCCCCCCCCCCCCC(=O)C[C@H](CCCN=C(N)N)C(=O)NCCCCCCCCCCCC. The van der Waals surface area contributed by atoms with Crippen molar-refractivity contribution >= 4 is 17.6 Å². The maximum absolute atomic E-state index is 12.9. The maximum atomic E-state index is 12.9. The zero-order valence-electron chi connectivity index (χ0n) is 28.9. The van der Waals surface area contributed by atoms with Gasteiger partial charge in [0.2, 0.25) is 5.91 Å². The van der Waals surface area contributed by atoms with Gasteiger partial charge in [0.05, 0.1) is 0 Å². The van der Waals surface area contributed by atoms with Gasteiger partial charge in [0, 0.05) is 31.8 Å². The van der Waals surface area contributed by atoms with Crippen molar-refractivity contribution in [3.05, 3.63) is 0 Å². The van der Waals surface area contributed by atoms with E-state index in [1.165, 1.54) is 135 Å². The highest BCUT2D eigenvalue weighted by Crippen LogP contribution is 2.17. The summed E-state index contributed by atoms with van der Waals surface area (Å²) >= 11 is 0. The molecule has 0 aromatic heterocycles. The van der Waals surface area contributed by atoms with Crippen LogP contribution in [0.3, 0.4) is 0 Å². The fourth-order valence-corrected chi connectivity index (χ4v) is 5.91. The van der Waals surface area contributed by atoms with Crippen LogP contribution in [0.25, 0.3) is 0 Å². The van der Waals surface area contributed by atoms with Crippen LogP contribution >= 0.6 is 0 Å². The summed E-state index contributed by atoms with van der Waals surface area (Å²) in [4.78, 5) is 29.7. The Bertz CT molecular complexity index is 649. The van der Waals surface area contributed by atoms with Crippen molar-refractivity contribution in [2.45, 2.75) is 200 Å². The Hall–Kier alpha value is -1.59. The van der Waals surface area contributed by atoms with Crippen molar-refractivity contribution in [1.82, 2.24) is 5.32 Å². The molecule has 0 aromatic rings. The van der Waals surface area contributed by atoms with E-state index in [1.807, 2.05) is 0 Å². The number of nitrogens with zero attached hydrogens (tertiary/aromatic N) is 1. The molecule has 0 unspecified atom stereocenters. The van der Waals surface area contributed by atoms with Gasteiger partial charge in [-0.25, -0.2) is 0 Å². The number of aliphatic imine (C=N–C) groups is 1. The molecule has 0 fully saturated rings. The van der Waals surface area contributed by atoms with Crippen LogP contribution < -0.4 is 16.8 Å². The minimum absolute atomic E-state index is 0.0190. The summed E-state index contributed by atoms with van der Waals surface area (Å²) in [5.41, 5.74) is 10.9. The number of amides is 1. The summed E-state index contributed by atoms with van der Waals surface area (Å²) in [5.74, 6) is 0.0356. The molecular weight excluding hydrogens is 532 g/mol. The number of nitrogens with one attached hydrogen (secondary N) is 1. The Balaban J connectivity index is 4.00. The summed E-state index contributed by atoms with van der Waals surface area (Å²) in [7, 11) is 0. The largest absolute Gasteiger partial charge is 0.370 e. The van der Waals surface area contributed by atoms with Gasteiger partial charge in [-0.3, -0.25) is 14.6 Å². The van der Waals surface area contributed by atoms with Crippen molar-refractivity contribution < 1.29 is 9.59 Å². The van der Waals surface area contributed by atoms with E-state index in [1.54, 1.807) is 0 Å². The van der Waals surface area contributed by atoms with E-state index >= 15 is 0 Å². The quantitative estimate of drug-likeness (QED) is 0.0384. The number of hydrogen-bond donors (Lipinski definition) is 3. The number of nitrogens with two attached hydrogens (primary N) is 2. The fraction of sp³-hybridized carbons (Fsp3) is 0.919. The molecule has 5 N–H and O–H groups in total. The molecule has 0 aliphatic heterocycles. The number of carbonyl (C=O) groups is 2. The second-order valence-corrected chi connectivity index (χ2v) is 13.1. The topological polar surface area (TPSA) is 111 Å². The lowest BCUT2D eigenvalue weighted by Crippen LogP contribution is -2.33. The first kappa shape index (κ1) is 41.4. The van der Waals surface area contributed by atoms with Gasteiger partial charge in [0.15, 0.2) is 5.96 Å². The van der Waals surface area contributed by atoms with Gasteiger partial charge in [0.1, 0.15) is 5.78 Å². The Morgan fingerprint density at radius 3 is 1.37 bits per heavy atom. The molecule has 0 saturated heterocycles. The Morgan fingerprint density at radius 2 is 0.953 bits per heavy atom. The number of carbonyl (C=O) groups excluding carboxylic acids is 2. The Morgan fingerprint density at radius 1 is 0.558 bits per heavy atom. The average Bonchev–Trinajstić information content (AvgIpc) is 2.99. The molecule has 0 heterocycles. The molecule has 1 atom stereocenters. The van der Waals surface area contributed by atoms with Crippen LogP contribution in [-0.4, -0.2) is 30.7 Å². The van der Waals surface area contributed by atoms with E-state index in [2.05, 4.69) is 24.2 Å². The highest BCUT2D eigenvalue weighted by molar-refractivity contribution is 5.86. The molecule has 43 heavy (non-hydrogen) atoms. The zero-order chi connectivity index (χ0) is 31.6. The molecular formula is C37H74N4O2.